The normalized spacial score (nSPS) is 23.9. The van der Waals surface area contributed by atoms with E-state index in [2.05, 4.69) is 35.2 Å². The molecule has 5 heteroatoms. The van der Waals surface area contributed by atoms with Gasteiger partial charge in [-0.05, 0) is 58.3 Å². The molecule has 0 unspecified atom stereocenters. The van der Waals surface area contributed by atoms with Crippen LogP contribution in [0.4, 0.5) is 0 Å². The zero-order valence-electron chi connectivity index (χ0n) is 15.3. The van der Waals surface area contributed by atoms with Crippen molar-refractivity contribution in [3.8, 4) is 0 Å². The van der Waals surface area contributed by atoms with Crippen LogP contribution < -0.4 is 5.32 Å². The maximum atomic E-state index is 12.6. The van der Waals surface area contributed by atoms with Gasteiger partial charge in [-0.2, -0.15) is 0 Å². The van der Waals surface area contributed by atoms with E-state index in [0.717, 1.165) is 69.9 Å². The molecule has 0 aromatic carbocycles. The van der Waals surface area contributed by atoms with Crippen LogP contribution in [0.1, 0.15) is 50.0 Å². The topological polar surface area (TPSA) is 48.7 Å². The fourth-order valence-electron chi connectivity index (χ4n) is 4.06. The van der Waals surface area contributed by atoms with Gasteiger partial charge in [-0.15, -0.1) is 0 Å². The Morgan fingerprint density at radius 2 is 2.04 bits per heavy atom. The first-order valence-electron chi connectivity index (χ1n) is 9.29. The summed E-state index contributed by atoms with van der Waals surface area (Å²) < 4.78 is 5.74. The smallest absolute Gasteiger partial charge is 0.240 e. The number of carbonyl (C=O) groups excluding carboxylic acids is 1. The third kappa shape index (κ3) is 3.52. The lowest BCUT2D eigenvalue weighted by Crippen LogP contribution is -2.60. The van der Waals surface area contributed by atoms with E-state index in [4.69, 9.17) is 4.42 Å². The number of nitrogens with zero attached hydrogens (tertiary/aromatic N) is 2. The van der Waals surface area contributed by atoms with Gasteiger partial charge < -0.3 is 14.6 Å². The van der Waals surface area contributed by atoms with Crippen molar-refractivity contribution in [2.45, 2.75) is 51.0 Å². The van der Waals surface area contributed by atoms with Gasteiger partial charge in [0.15, 0.2) is 0 Å². The minimum Gasteiger partial charge on any atom is -0.466 e. The first-order valence-corrected chi connectivity index (χ1v) is 9.29. The third-order valence-corrected chi connectivity index (χ3v) is 5.92. The van der Waals surface area contributed by atoms with Crippen LogP contribution in [-0.2, 0) is 4.79 Å². The second kappa shape index (κ2) is 7.28. The molecule has 3 heterocycles. The number of carbonyl (C=O) groups is 1. The molecule has 1 amide bonds. The Balaban J connectivity index is 1.52. The third-order valence-electron chi connectivity index (χ3n) is 5.92. The first kappa shape index (κ1) is 17.5. The van der Waals surface area contributed by atoms with Crippen LogP contribution in [0, 0.1) is 6.92 Å². The van der Waals surface area contributed by atoms with E-state index >= 15 is 0 Å². The van der Waals surface area contributed by atoms with Crippen LogP contribution in [0.2, 0.25) is 0 Å². The summed E-state index contributed by atoms with van der Waals surface area (Å²) in [7, 11) is 2.11. The minimum atomic E-state index is -0.281. The van der Waals surface area contributed by atoms with Gasteiger partial charge in [0, 0.05) is 32.1 Å². The predicted molar refractivity (Wildman–Crippen MR) is 95.1 cm³/mol. The molecule has 1 aromatic heterocycles. The quantitative estimate of drug-likeness (QED) is 0.919. The van der Waals surface area contributed by atoms with Crippen molar-refractivity contribution >= 4 is 5.91 Å². The number of piperidine rings is 1. The zero-order chi connectivity index (χ0) is 17.2. The van der Waals surface area contributed by atoms with Gasteiger partial charge in [0.2, 0.25) is 5.91 Å². The van der Waals surface area contributed by atoms with Gasteiger partial charge in [-0.25, -0.2) is 0 Å². The molecule has 3 rings (SSSR count). The molecule has 2 aliphatic heterocycles. The van der Waals surface area contributed by atoms with E-state index in [0.29, 0.717) is 5.92 Å². The summed E-state index contributed by atoms with van der Waals surface area (Å²) >= 11 is 0. The standard InChI is InChI=1S/C19H31N3O2/c1-15(17-6-5-16(2)24-17)7-12-22-13-8-19(9-14-22)18(23)20-10-4-11-21(19)3/h5-6,15H,4,7-14H2,1-3H3,(H,20,23)/t15-/m0/s1. The van der Waals surface area contributed by atoms with Gasteiger partial charge in [0.1, 0.15) is 17.1 Å². The average molecular weight is 333 g/mol. The van der Waals surface area contributed by atoms with E-state index in [1.807, 2.05) is 13.0 Å². The monoisotopic (exact) mass is 333 g/mol. The first-order chi connectivity index (χ1) is 11.5. The summed E-state index contributed by atoms with van der Waals surface area (Å²) in [4.78, 5) is 17.4. The van der Waals surface area contributed by atoms with Crippen molar-refractivity contribution in [2.75, 3.05) is 39.8 Å². The molecule has 1 spiro atoms. The highest BCUT2D eigenvalue weighted by Gasteiger charge is 2.45. The molecule has 0 saturated carbocycles. The molecule has 24 heavy (non-hydrogen) atoms. The SMILES string of the molecule is Cc1ccc([C@@H](C)CCN2CCC3(CC2)C(=O)NCCCN3C)o1. The Kier molecular flexibility index (Phi) is 5.30. The summed E-state index contributed by atoms with van der Waals surface area (Å²) in [6.45, 7) is 9.12. The summed E-state index contributed by atoms with van der Waals surface area (Å²) in [5.74, 6) is 2.75. The number of rotatable bonds is 4. The highest BCUT2D eigenvalue weighted by molar-refractivity contribution is 5.86. The molecule has 0 bridgehead atoms. The Labute approximate surface area is 145 Å². The number of likely N-dealkylation sites (N-methyl/N-ethyl adjacent to an activating group) is 1. The van der Waals surface area contributed by atoms with Crippen LogP contribution in [0.25, 0.3) is 0 Å². The van der Waals surface area contributed by atoms with Gasteiger partial charge >= 0.3 is 0 Å². The van der Waals surface area contributed by atoms with Crippen molar-refractivity contribution < 1.29 is 9.21 Å². The molecule has 2 aliphatic rings. The maximum absolute atomic E-state index is 12.6. The Morgan fingerprint density at radius 1 is 1.29 bits per heavy atom. The highest BCUT2D eigenvalue weighted by atomic mass is 16.3. The molecular weight excluding hydrogens is 302 g/mol. The number of aryl methyl sites for hydroxylation is 1. The van der Waals surface area contributed by atoms with E-state index in [9.17, 15) is 4.79 Å². The number of likely N-dealkylation sites (tertiary alicyclic amines) is 1. The van der Waals surface area contributed by atoms with E-state index < -0.39 is 0 Å². The van der Waals surface area contributed by atoms with Crippen LogP contribution in [0.5, 0.6) is 0 Å². The van der Waals surface area contributed by atoms with Crippen molar-refractivity contribution in [3.05, 3.63) is 23.7 Å². The van der Waals surface area contributed by atoms with Gasteiger partial charge in [0.05, 0.1) is 0 Å². The molecule has 1 N–H and O–H groups in total. The second-order valence-electron chi connectivity index (χ2n) is 7.54. The average Bonchev–Trinajstić information content (AvgIpc) is 2.97. The molecule has 2 fully saturated rings. The predicted octanol–water partition coefficient (Wildman–Crippen LogP) is 2.37. The molecule has 5 nitrogen and oxygen atoms in total. The Bertz CT molecular complexity index is 561. The molecule has 134 valence electrons. The van der Waals surface area contributed by atoms with E-state index in [-0.39, 0.29) is 11.4 Å². The van der Waals surface area contributed by atoms with Crippen molar-refractivity contribution in [1.82, 2.24) is 15.1 Å². The van der Waals surface area contributed by atoms with Crippen LogP contribution >= 0.6 is 0 Å². The number of nitrogens with one attached hydrogen (secondary N) is 1. The highest BCUT2D eigenvalue weighted by Crippen LogP contribution is 2.30. The van der Waals surface area contributed by atoms with Crippen molar-refractivity contribution in [1.29, 1.82) is 0 Å². The molecule has 1 atom stereocenters. The summed E-state index contributed by atoms with van der Waals surface area (Å²) in [5, 5.41) is 3.11. The van der Waals surface area contributed by atoms with E-state index in [1.54, 1.807) is 0 Å². The molecule has 1 aromatic rings. The van der Waals surface area contributed by atoms with Crippen LogP contribution in [0.3, 0.4) is 0 Å². The minimum absolute atomic E-state index is 0.238. The molecule has 0 radical (unpaired) electrons. The Morgan fingerprint density at radius 3 is 2.71 bits per heavy atom. The number of hydrogen-bond acceptors (Lipinski definition) is 4. The number of amides is 1. The lowest BCUT2D eigenvalue weighted by atomic mass is 9.85. The molecule has 2 saturated heterocycles. The summed E-state index contributed by atoms with van der Waals surface area (Å²) in [5.41, 5.74) is -0.281. The lowest BCUT2D eigenvalue weighted by molar-refractivity contribution is -0.134. The van der Waals surface area contributed by atoms with Crippen molar-refractivity contribution in [2.24, 2.45) is 0 Å². The van der Waals surface area contributed by atoms with E-state index in [1.165, 1.54) is 0 Å². The zero-order valence-corrected chi connectivity index (χ0v) is 15.3. The van der Waals surface area contributed by atoms with Crippen LogP contribution in [0.15, 0.2) is 16.5 Å². The molecule has 0 aliphatic carbocycles. The second-order valence-corrected chi connectivity index (χ2v) is 7.54. The largest absolute Gasteiger partial charge is 0.466 e. The number of furan rings is 1. The van der Waals surface area contributed by atoms with Gasteiger partial charge in [-0.1, -0.05) is 6.92 Å². The lowest BCUT2D eigenvalue weighted by Gasteiger charge is -2.45. The number of hydrogen-bond donors (Lipinski definition) is 1. The fraction of sp³-hybridized carbons (Fsp3) is 0.737. The maximum Gasteiger partial charge on any atom is 0.240 e. The van der Waals surface area contributed by atoms with Gasteiger partial charge in [-0.3, -0.25) is 9.69 Å². The fourth-order valence-corrected chi connectivity index (χ4v) is 4.06. The van der Waals surface area contributed by atoms with Crippen molar-refractivity contribution in [3.63, 3.8) is 0 Å². The Hall–Kier alpha value is -1.33. The molecular formula is C19H31N3O2. The van der Waals surface area contributed by atoms with Crippen LogP contribution in [-0.4, -0.2) is 61.0 Å². The summed E-state index contributed by atoms with van der Waals surface area (Å²) in [6, 6.07) is 4.13. The summed E-state index contributed by atoms with van der Waals surface area (Å²) in [6.07, 6.45) is 4.02. The van der Waals surface area contributed by atoms with Gasteiger partial charge in [0.25, 0.3) is 0 Å².